The van der Waals surface area contributed by atoms with Crippen molar-refractivity contribution in [3.05, 3.63) is 93.9 Å². The molecule has 0 spiro atoms. The predicted octanol–water partition coefficient (Wildman–Crippen LogP) is 6.48. The fraction of sp³-hybridized carbons (Fsp3) is 0.120. The number of amides is 1. The number of rotatable bonds is 2. The number of benzene rings is 3. The number of hydrogen-bond donors (Lipinski definition) is 0. The van der Waals surface area contributed by atoms with Crippen molar-refractivity contribution in [3.8, 4) is 0 Å². The molecule has 154 valence electrons. The van der Waals surface area contributed by atoms with Crippen molar-refractivity contribution < 1.29 is 4.79 Å². The highest BCUT2D eigenvalue weighted by Gasteiger charge is 2.40. The Bertz CT molecular complexity index is 1260. The Kier molecular flexibility index (Phi) is 5.12. The molecule has 31 heavy (non-hydrogen) atoms. The third-order valence-corrected chi connectivity index (χ3v) is 7.59. The van der Waals surface area contributed by atoms with Gasteiger partial charge in [0.05, 0.1) is 22.1 Å². The molecule has 0 atom stereocenters. The van der Waals surface area contributed by atoms with Crippen LogP contribution < -0.4 is 9.80 Å². The Balaban J connectivity index is 1.63. The van der Waals surface area contributed by atoms with Crippen LogP contribution in [-0.2, 0) is 4.79 Å². The lowest BCUT2D eigenvalue weighted by molar-refractivity contribution is -0.113. The van der Waals surface area contributed by atoms with Gasteiger partial charge in [0, 0.05) is 11.9 Å². The molecule has 0 saturated carbocycles. The third-order valence-electron chi connectivity index (χ3n) is 5.20. The fourth-order valence-corrected chi connectivity index (χ4v) is 6.03. The molecule has 2 aliphatic heterocycles. The normalized spacial score (nSPS) is 19.5. The van der Waals surface area contributed by atoms with Crippen LogP contribution in [0, 0.1) is 13.8 Å². The topological polar surface area (TPSA) is 35.9 Å². The summed E-state index contributed by atoms with van der Waals surface area (Å²) < 4.78 is 0. The van der Waals surface area contributed by atoms with Gasteiger partial charge in [-0.05, 0) is 73.1 Å². The van der Waals surface area contributed by atoms with Crippen LogP contribution >= 0.6 is 23.5 Å². The highest BCUT2D eigenvalue weighted by atomic mass is 32.2. The average molecular weight is 444 g/mol. The Morgan fingerprint density at radius 2 is 1.58 bits per heavy atom. The number of hydrogen-bond acceptors (Lipinski definition) is 5. The minimum Gasteiger partial charge on any atom is -0.337 e. The summed E-state index contributed by atoms with van der Waals surface area (Å²) >= 11 is 3.08. The Labute approximate surface area is 190 Å². The molecule has 0 unspecified atom stereocenters. The molecule has 0 bridgehead atoms. The first kappa shape index (κ1) is 20.0. The van der Waals surface area contributed by atoms with E-state index in [-0.39, 0.29) is 5.91 Å². The molecule has 3 aromatic carbocycles. The summed E-state index contributed by atoms with van der Waals surface area (Å²) in [5, 5.41) is 1.62. The molecule has 1 fully saturated rings. The first-order valence-corrected chi connectivity index (χ1v) is 11.6. The standard InChI is InChI=1S/C25H21N3OS2/c1-16-8-6-10-18(14-16)26-25-28(19-11-7-9-17(2)15-19)23(29)22(31-25)24-27(3)20-12-4-5-13-21(20)30-24/h4-15H,1-3H3. The van der Waals surface area contributed by atoms with E-state index in [0.29, 0.717) is 10.1 Å². The van der Waals surface area contributed by atoms with E-state index in [0.717, 1.165) is 38.1 Å². The monoisotopic (exact) mass is 443 g/mol. The first-order chi connectivity index (χ1) is 15.0. The van der Waals surface area contributed by atoms with Gasteiger partial charge in [-0.3, -0.25) is 9.69 Å². The van der Waals surface area contributed by atoms with E-state index in [1.165, 1.54) is 11.8 Å². The fourth-order valence-electron chi connectivity index (χ4n) is 3.68. The van der Waals surface area contributed by atoms with Crippen LogP contribution in [0.4, 0.5) is 17.1 Å². The molecule has 2 heterocycles. The van der Waals surface area contributed by atoms with Crippen LogP contribution in [0.25, 0.3) is 0 Å². The average Bonchev–Trinajstić information content (AvgIpc) is 3.25. The minimum atomic E-state index is -0.0378. The number of para-hydroxylation sites is 1. The molecule has 0 aliphatic carbocycles. The third kappa shape index (κ3) is 3.66. The summed E-state index contributed by atoms with van der Waals surface area (Å²) in [4.78, 5) is 24.3. The lowest BCUT2D eigenvalue weighted by atomic mass is 10.2. The van der Waals surface area contributed by atoms with Crippen molar-refractivity contribution in [1.82, 2.24) is 0 Å². The molecule has 4 nitrogen and oxygen atoms in total. The lowest BCUT2D eigenvalue weighted by Crippen LogP contribution is -2.29. The number of aliphatic imine (C=N–C) groups is 1. The number of carbonyl (C=O) groups is 1. The number of thioether (sulfide) groups is 2. The number of anilines is 2. The Morgan fingerprint density at radius 3 is 2.32 bits per heavy atom. The summed E-state index contributed by atoms with van der Waals surface area (Å²) in [6, 6.07) is 24.3. The van der Waals surface area contributed by atoms with Crippen molar-refractivity contribution in [1.29, 1.82) is 0 Å². The molecule has 0 aromatic heterocycles. The van der Waals surface area contributed by atoms with Crippen LogP contribution in [0.15, 0.2) is 92.6 Å². The van der Waals surface area contributed by atoms with E-state index in [1.54, 1.807) is 16.7 Å². The molecule has 3 aromatic rings. The zero-order valence-corrected chi connectivity index (χ0v) is 19.1. The van der Waals surface area contributed by atoms with Crippen molar-refractivity contribution in [2.24, 2.45) is 4.99 Å². The quantitative estimate of drug-likeness (QED) is 0.425. The summed E-state index contributed by atoms with van der Waals surface area (Å²) in [5.41, 5.74) is 5.04. The minimum absolute atomic E-state index is 0.0378. The van der Waals surface area contributed by atoms with E-state index in [4.69, 9.17) is 4.99 Å². The Hall–Kier alpha value is -2.96. The van der Waals surface area contributed by atoms with Crippen molar-refractivity contribution in [3.63, 3.8) is 0 Å². The Morgan fingerprint density at radius 1 is 0.839 bits per heavy atom. The van der Waals surface area contributed by atoms with E-state index >= 15 is 0 Å². The molecule has 6 heteroatoms. The second-order valence-electron chi connectivity index (χ2n) is 7.58. The predicted molar refractivity (Wildman–Crippen MR) is 132 cm³/mol. The van der Waals surface area contributed by atoms with Gasteiger partial charge in [-0.15, -0.1) is 0 Å². The molecule has 2 aliphatic rings. The SMILES string of the molecule is Cc1cccc(N=C2SC(=C3Sc4ccccc4N3C)C(=O)N2c2cccc(C)c2)c1. The number of amidine groups is 1. The highest BCUT2D eigenvalue weighted by Crippen LogP contribution is 2.50. The summed E-state index contributed by atoms with van der Waals surface area (Å²) in [5.74, 6) is -0.0378. The van der Waals surface area contributed by atoms with Crippen LogP contribution in [0.2, 0.25) is 0 Å². The van der Waals surface area contributed by atoms with Gasteiger partial charge in [-0.2, -0.15) is 0 Å². The van der Waals surface area contributed by atoms with E-state index in [9.17, 15) is 4.79 Å². The van der Waals surface area contributed by atoms with Gasteiger partial charge < -0.3 is 4.90 Å². The molecule has 1 amide bonds. The summed E-state index contributed by atoms with van der Waals surface area (Å²) in [6.45, 7) is 4.08. The number of aryl methyl sites for hydroxylation is 2. The number of fused-ring (bicyclic) bond motifs is 1. The van der Waals surface area contributed by atoms with Crippen molar-refractivity contribution in [2.75, 3.05) is 16.8 Å². The van der Waals surface area contributed by atoms with Crippen LogP contribution in [0.1, 0.15) is 11.1 Å². The number of carbonyl (C=O) groups excluding carboxylic acids is 1. The van der Waals surface area contributed by atoms with Crippen LogP contribution in [-0.4, -0.2) is 18.1 Å². The summed E-state index contributed by atoms with van der Waals surface area (Å²) in [6.07, 6.45) is 0. The smallest absolute Gasteiger partial charge is 0.274 e. The molecular formula is C25H21N3OS2. The van der Waals surface area contributed by atoms with E-state index < -0.39 is 0 Å². The van der Waals surface area contributed by atoms with E-state index in [1.807, 2.05) is 81.6 Å². The van der Waals surface area contributed by atoms with Crippen molar-refractivity contribution >= 4 is 51.7 Å². The van der Waals surface area contributed by atoms with Crippen LogP contribution in [0.3, 0.4) is 0 Å². The highest BCUT2D eigenvalue weighted by molar-refractivity contribution is 8.20. The largest absolute Gasteiger partial charge is 0.337 e. The van der Waals surface area contributed by atoms with Crippen molar-refractivity contribution in [2.45, 2.75) is 18.7 Å². The first-order valence-electron chi connectivity index (χ1n) is 10.0. The molecule has 5 rings (SSSR count). The zero-order chi connectivity index (χ0) is 21.5. The zero-order valence-electron chi connectivity index (χ0n) is 17.5. The van der Waals surface area contributed by atoms with Gasteiger partial charge in [-0.25, -0.2) is 4.99 Å². The van der Waals surface area contributed by atoms with Gasteiger partial charge >= 0.3 is 0 Å². The number of nitrogens with zero attached hydrogens (tertiary/aromatic N) is 3. The molecular weight excluding hydrogens is 422 g/mol. The van der Waals surface area contributed by atoms with Crippen LogP contribution in [0.5, 0.6) is 0 Å². The van der Waals surface area contributed by atoms with E-state index in [2.05, 4.69) is 17.0 Å². The van der Waals surface area contributed by atoms with Gasteiger partial charge in [0.1, 0.15) is 4.91 Å². The molecule has 1 saturated heterocycles. The summed E-state index contributed by atoms with van der Waals surface area (Å²) in [7, 11) is 2.02. The maximum Gasteiger partial charge on any atom is 0.274 e. The molecule has 0 radical (unpaired) electrons. The van der Waals surface area contributed by atoms with Gasteiger partial charge in [0.2, 0.25) is 0 Å². The van der Waals surface area contributed by atoms with Gasteiger partial charge in [-0.1, -0.05) is 48.2 Å². The van der Waals surface area contributed by atoms with Gasteiger partial charge in [0.15, 0.2) is 5.17 Å². The maximum absolute atomic E-state index is 13.7. The second-order valence-corrected chi connectivity index (χ2v) is 9.59. The second kappa shape index (κ2) is 7.94. The maximum atomic E-state index is 13.7. The molecule has 0 N–H and O–H groups in total. The van der Waals surface area contributed by atoms with Gasteiger partial charge in [0.25, 0.3) is 5.91 Å². The lowest BCUT2D eigenvalue weighted by Gasteiger charge is -2.17.